The minimum absolute atomic E-state index is 0.274. The molecule has 0 fully saturated rings. The van der Waals surface area contributed by atoms with E-state index in [1.807, 2.05) is 0 Å². The molecule has 1 aromatic heterocycles. The molecule has 0 aliphatic carbocycles. The van der Waals surface area contributed by atoms with Gasteiger partial charge in [-0.15, -0.1) is 0 Å². The number of fused-ring (bicyclic) bond motifs is 1. The van der Waals surface area contributed by atoms with Gasteiger partial charge in [0, 0.05) is 18.7 Å². The van der Waals surface area contributed by atoms with Crippen molar-refractivity contribution in [1.82, 2.24) is 0 Å². The van der Waals surface area contributed by atoms with Crippen molar-refractivity contribution < 1.29 is 4.57 Å². The van der Waals surface area contributed by atoms with Gasteiger partial charge in [-0.05, 0) is 43.7 Å². The standard InChI is InChI=1S/C22H24N3/c1-16-10-5-6-11-18(16)19-14-9-15-22(24(19)4)25-17(2)23(3)20-12-7-8-13-21(20)25/h5-15,17H,1-4H3/q+1/t17-/m1/s1. The highest BCUT2D eigenvalue weighted by Crippen LogP contribution is 2.42. The Morgan fingerprint density at radius 2 is 1.52 bits per heavy atom. The van der Waals surface area contributed by atoms with Gasteiger partial charge in [0.15, 0.2) is 11.9 Å². The number of hydrogen-bond acceptors (Lipinski definition) is 2. The molecule has 0 N–H and O–H groups in total. The van der Waals surface area contributed by atoms with E-state index < -0.39 is 0 Å². The molecule has 0 radical (unpaired) electrons. The maximum Gasteiger partial charge on any atom is 0.283 e. The Balaban J connectivity index is 1.88. The number of nitrogens with zero attached hydrogens (tertiary/aromatic N) is 3. The summed E-state index contributed by atoms with van der Waals surface area (Å²) >= 11 is 0. The zero-order chi connectivity index (χ0) is 17.6. The molecule has 25 heavy (non-hydrogen) atoms. The molecule has 0 amide bonds. The highest BCUT2D eigenvalue weighted by molar-refractivity contribution is 5.81. The molecule has 1 atom stereocenters. The molecule has 0 unspecified atom stereocenters. The normalized spacial score (nSPS) is 16.2. The van der Waals surface area contributed by atoms with E-state index >= 15 is 0 Å². The van der Waals surface area contributed by atoms with Crippen LogP contribution in [0, 0.1) is 6.92 Å². The maximum absolute atomic E-state index is 2.41. The number of hydrogen-bond donors (Lipinski definition) is 0. The van der Waals surface area contributed by atoms with Gasteiger partial charge in [-0.1, -0.05) is 36.4 Å². The topological polar surface area (TPSA) is 10.4 Å². The van der Waals surface area contributed by atoms with Crippen molar-refractivity contribution >= 4 is 17.2 Å². The number of benzene rings is 2. The lowest BCUT2D eigenvalue weighted by atomic mass is 10.0. The predicted octanol–water partition coefficient (Wildman–Crippen LogP) is 4.42. The fraction of sp³-hybridized carbons (Fsp3) is 0.227. The summed E-state index contributed by atoms with van der Waals surface area (Å²) in [5, 5.41) is 0. The van der Waals surface area contributed by atoms with Gasteiger partial charge < -0.3 is 4.90 Å². The van der Waals surface area contributed by atoms with Crippen LogP contribution < -0.4 is 14.4 Å². The number of pyridine rings is 1. The molecule has 1 aliphatic rings. The number of aromatic nitrogens is 1. The van der Waals surface area contributed by atoms with E-state index in [0.29, 0.717) is 0 Å². The molecule has 0 saturated carbocycles. The highest BCUT2D eigenvalue weighted by atomic mass is 15.4. The van der Waals surface area contributed by atoms with E-state index in [4.69, 9.17) is 0 Å². The van der Waals surface area contributed by atoms with Crippen molar-refractivity contribution in [3.05, 3.63) is 72.3 Å². The van der Waals surface area contributed by atoms with Gasteiger partial charge in [0.25, 0.3) is 5.82 Å². The Bertz CT molecular complexity index is 932. The molecule has 3 nitrogen and oxygen atoms in total. The lowest BCUT2D eigenvalue weighted by Crippen LogP contribution is -2.44. The molecule has 2 heterocycles. The quantitative estimate of drug-likeness (QED) is 0.644. The number of aryl methyl sites for hydroxylation is 1. The molecule has 4 rings (SSSR count). The number of para-hydroxylation sites is 2. The molecule has 2 aromatic carbocycles. The molecule has 126 valence electrons. The molecule has 0 spiro atoms. The first-order chi connectivity index (χ1) is 12.1. The average Bonchev–Trinajstić information content (AvgIpc) is 2.88. The van der Waals surface area contributed by atoms with Crippen LogP contribution in [0.1, 0.15) is 12.5 Å². The van der Waals surface area contributed by atoms with Crippen molar-refractivity contribution in [3.8, 4) is 11.3 Å². The van der Waals surface area contributed by atoms with E-state index in [1.54, 1.807) is 0 Å². The number of anilines is 3. The zero-order valence-electron chi connectivity index (χ0n) is 15.3. The van der Waals surface area contributed by atoms with Crippen LogP contribution in [-0.2, 0) is 7.05 Å². The lowest BCUT2D eigenvalue weighted by Gasteiger charge is -2.22. The van der Waals surface area contributed by atoms with E-state index in [2.05, 4.69) is 109 Å². The molecular formula is C22H24N3+. The van der Waals surface area contributed by atoms with Crippen molar-refractivity contribution in [2.24, 2.45) is 7.05 Å². The smallest absolute Gasteiger partial charge is 0.283 e. The van der Waals surface area contributed by atoms with Crippen LogP contribution >= 0.6 is 0 Å². The van der Waals surface area contributed by atoms with Crippen LogP contribution in [0.15, 0.2) is 66.7 Å². The van der Waals surface area contributed by atoms with Crippen molar-refractivity contribution in [2.45, 2.75) is 20.0 Å². The molecule has 3 heteroatoms. The second kappa shape index (κ2) is 5.92. The van der Waals surface area contributed by atoms with Crippen LogP contribution in [0.3, 0.4) is 0 Å². The SMILES string of the molecule is Cc1ccccc1-c1cccc(N2c3ccccc3N(C)[C@H]2C)[n+]1C. The third-order valence-corrected chi connectivity index (χ3v) is 5.33. The summed E-state index contributed by atoms with van der Waals surface area (Å²) in [6, 6.07) is 23.7. The Labute approximate surface area is 149 Å². The maximum atomic E-state index is 2.41. The van der Waals surface area contributed by atoms with Crippen LogP contribution in [0.4, 0.5) is 17.2 Å². The Kier molecular flexibility index (Phi) is 3.72. The summed E-state index contributed by atoms with van der Waals surface area (Å²) in [5.74, 6) is 1.20. The second-order valence-corrected chi connectivity index (χ2v) is 6.74. The summed E-state index contributed by atoms with van der Waals surface area (Å²) in [4.78, 5) is 4.74. The third-order valence-electron chi connectivity index (χ3n) is 5.33. The third kappa shape index (κ3) is 2.39. The monoisotopic (exact) mass is 330 g/mol. The van der Waals surface area contributed by atoms with Crippen molar-refractivity contribution in [2.75, 3.05) is 16.8 Å². The Morgan fingerprint density at radius 3 is 2.28 bits per heavy atom. The molecule has 1 aliphatic heterocycles. The Hall–Kier alpha value is -2.81. The highest BCUT2D eigenvalue weighted by Gasteiger charge is 2.39. The van der Waals surface area contributed by atoms with E-state index in [0.717, 1.165) is 0 Å². The van der Waals surface area contributed by atoms with Crippen LogP contribution in [0.5, 0.6) is 0 Å². The molecule has 3 aromatic rings. The average molecular weight is 330 g/mol. The molecule has 0 saturated heterocycles. The minimum Gasteiger partial charge on any atom is -0.333 e. The summed E-state index contributed by atoms with van der Waals surface area (Å²) < 4.78 is 2.30. The number of rotatable bonds is 2. The van der Waals surface area contributed by atoms with Gasteiger partial charge >= 0.3 is 0 Å². The first-order valence-corrected chi connectivity index (χ1v) is 8.75. The van der Waals surface area contributed by atoms with Crippen molar-refractivity contribution in [3.63, 3.8) is 0 Å². The largest absolute Gasteiger partial charge is 0.333 e. The van der Waals surface area contributed by atoms with Gasteiger partial charge in [-0.2, -0.15) is 0 Å². The Morgan fingerprint density at radius 1 is 0.840 bits per heavy atom. The van der Waals surface area contributed by atoms with Gasteiger partial charge in [0.1, 0.15) is 5.69 Å². The minimum atomic E-state index is 0.274. The fourth-order valence-electron chi connectivity index (χ4n) is 3.80. The van der Waals surface area contributed by atoms with E-state index in [1.165, 1.54) is 34.0 Å². The lowest BCUT2D eigenvalue weighted by molar-refractivity contribution is -0.647. The fourth-order valence-corrected chi connectivity index (χ4v) is 3.80. The van der Waals surface area contributed by atoms with E-state index in [-0.39, 0.29) is 6.17 Å². The summed E-state index contributed by atoms with van der Waals surface area (Å²) in [7, 11) is 4.32. The van der Waals surface area contributed by atoms with Crippen molar-refractivity contribution in [1.29, 1.82) is 0 Å². The summed E-state index contributed by atoms with van der Waals surface area (Å²) in [5.41, 5.74) is 6.34. The van der Waals surface area contributed by atoms with Gasteiger partial charge in [-0.3, -0.25) is 0 Å². The zero-order valence-corrected chi connectivity index (χ0v) is 15.3. The van der Waals surface area contributed by atoms with Gasteiger partial charge in [0.2, 0.25) is 0 Å². The molecule has 0 bridgehead atoms. The van der Waals surface area contributed by atoms with E-state index in [9.17, 15) is 0 Å². The van der Waals surface area contributed by atoms with Crippen LogP contribution in [-0.4, -0.2) is 13.2 Å². The summed E-state index contributed by atoms with van der Waals surface area (Å²) in [6.07, 6.45) is 0.274. The van der Waals surface area contributed by atoms with Gasteiger partial charge in [0.05, 0.1) is 12.7 Å². The van der Waals surface area contributed by atoms with Gasteiger partial charge in [-0.25, -0.2) is 9.47 Å². The predicted molar refractivity (Wildman–Crippen MR) is 104 cm³/mol. The first-order valence-electron chi connectivity index (χ1n) is 8.75. The molecular weight excluding hydrogens is 306 g/mol. The van der Waals surface area contributed by atoms with Crippen LogP contribution in [0.25, 0.3) is 11.3 Å². The first kappa shape index (κ1) is 15.7. The van der Waals surface area contributed by atoms with Crippen LogP contribution in [0.2, 0.25) is 0 Å². The second-order valence-electron chi connectivity index (χ2n) is 6.74. The summed E-state index contributed by atoms with van der Waals surface area (Å²) in [6.45, 7) is 4.42.